The Hall–Kier alpha value is 2.60. The first-order valence-corrected chi connectivity index (χ1v) is 13.0. The van der Waals surface area contributed by atoms with E-state index in [0.717, 1.165) is 12.2 Å². The molecule has 0 aromatic heterocycles. The van der Waals surface area contributed by atoms with E-state index in [1.807, 2.05) is 0 Å². The van der Waals surface area contributed by atoms with Crippen molar-refractivity contribution >= 4 is 40.5 Å². The maximum Gasteiger partial charge on any atom is 1.00 e. The van der Waals surface area contributed by atoms with Gasteiger partial charge in [0, 0.05) is 22.3 Å². The second kappa shape index (κ2) is 24.0. The van der Waals surface area contributed by atoms with Crippen LogP contribution < -0.4 is 118 Å². The third-order valence-electron chi connectivity index (χ3n) is 2.05. The fourth-order valence-corrected chi connectivity index (χ4v) is 2.47. The van der Waals surface area contributed by atoms with Gasteiger partial charge in [0.25, 0.3) is 0 Å². The first kappa shape index (κ1) is 47.8. The predicted molar refractivity (Wildman–Crippen MR) is 94.3 cm³/mol. The molecule has 32 heavy (non-hydrogen) atoms. The second-order valence-electron chi connectivity index (χ2n) is 4.60. The fraction of sp³-hybridized carbons (Fsp3) is 0.333. The summed E-state index contributed by atoms with van der Waals surface area (Å²) in [6.07, 6.45) is 6.79. The van der Waals surface area contributed by atoms with Crippen LogP contribution in [0.1, 0.15) is 12.8 Å². The Bertz CT molecular complexity index is 928. The van der Waals surface area contributed by atoms with E-state index >= 15 is 0 Å². The van der Waals surface area contributed by atoms with Crippen LogP contribution in [0.2, 0.25) is 0 Å². The summed E-state index contributed by atoms with van der Waals surface area (Å²) in [6, 6.07) is 0. The van der Waals surface area contributed by atoms with Crippen molar-refractivity contribution in [1.29, 1.82) is 0 Å². The molecule has 20 heteroatoms. The molecule has 0 bridgehead atoms. The standard InChI is InChI=1S/2C6H10O6S2.4Na/c2*7-13(8,9)5-3-1-2-4-6-14(10,11)12;;;;/h2*1-3,5H,4,6H2,(H,7,8,9)(H,10,11,12);;;;/q;;4*+1/p-4. The van der Waals surface area contributed by atoms with Crippen molar-refractivity contribution in [2.75, 3.05) is 11.5 Å². The van der Waals surface area contributed by atoms with Crippen molar-refractivity contribution < 1.29 is 170 Å². The normalized spacial score (nSPS) is 12.4. The van der Waals surface area contributed by atoms with Crippen LogP contribution in [0.5, 0.6) is 0 Å². The van der Waals surface area contributed by atoms with Gasteiger partial charge in [0.05, 0.1) is 20.2 Å². The zero-order valence-corrected chi connectivity index (χ0v) is 29.2. The third kappa shape index (κ3) is 53.8. The Morgan fingerprint density at radius 2 is 0.719 bits per heavy atom. The van der Waals surface area contributed by atoms with E-state index in [-0.39, 0.29) is 131 Å². The molecule has 0 heterocycles. The Morgan fingerprint density at radius 3 is 0.906 bits per heavy atom. The average molecular weight is 572 g/mol. The fourth-order valence-electron chi connectivity index (χ4n) is 1.06. The average Bonchev–Trinajstić information content (AvgIpc) is 2.43. The van der Waals surface area contributed by atoms with Crippen molar-refractivity contribution in [3.05, 3.63) is 47.3 Å². The molecule has 0 aromatic rings. The Kier molecular flexibility index (Phi) is 35.8. The first-order valence-electron chi connectivity index (χ1n) is 6.87. The van der Waals surface area contributed by atoms with E-state index in [1.54, 1.807) is 0 Å². The number of hydrogen-bond donors (Lipinski definition) is 0. The Morgan fingerprint density at radius 1 is 0.469 bits per heavy atom. The number of rotatable bonds is 10. The summed E-state index contributed by atoms with van der Waals surface area (Å²) >= 11 is 0. The van der Waals surface area contributed by atoms with Gasteiger partial charge in [-0.05, 0) is 12.8 Å². The molecule has 0 atom stereocenters. The minimum atomic E-state index is -4.40. The smallest absolute Gasteiger partial charge is 0.748 e. The van der Waals surface area contributed by atoms with E-state index in [1.165, 1.54) is 24.3 Å². The summed E-state index contributed by atoms with van der Waals surface area (Å²) in [5.74, 6) is -1.11. The van der Waals surface area contributed by atoms with E-state index in [0.29, 0.717) is 10.8 Å². The molecule has 164 valence electrons. The van der Waals surface area contributed by atoms with E-state index in [4.69, 9.17) is 0 Å². The quantitative estimate of drug-likeness (QED) is 0.135. The van der Waals surface area contributed by atoms with Crippen molar-refractivity contribution in [3.8, 4) is 0 Å². The Balaban J connectivity index is -0.0000000939. The van der Waals surface area contributed by atoms with Crippen LogP contribution in [0, 0.1) is 0 Å². The molecule has 12 nitrogen and oxygen atoms in total. The van der Waals surface area contributed by atoms with Crippen LogP contribution in [-0.4, -0.2) is 63.4 Å². The molecule has 0 aliphatic carbocycles. The molecule has 0 amide bonds. The van der Waals surface area contributed by atoms with Crippen LogP contribution in [0.4, 0.5) is 0 Å². The van der Waals surface area contributed by atoms with Crippen LogP contribution in [0.25, 0.3) is 0 Å². The molecule has 0 spiro atoms. The van der Waals surface area contributed by atoms with Gasteiger partial charge < -0.3 is 18.2 Å². The zero-order chi connectivity index (χ0) is 22.5. The second-order valence-corrected chi connectivity index (χ2v) is 10.2. The molecular weight excluding hydrogens is 556 g/mol. The summed E-state index contributed by atoms with van der Waals surface area (Å²) < 4.78 is 120. The maximum absolute atomic E-state index is 10.1. The number of allylic oxidation sites excluding steroid dienone is 6. The molecule has 0 aliphatic heterocycles. The molecule has 0 rings (SSSR count). The van der Waals surface area contributed by atoms with E-state index in [9.17, 15) is 51.9 Å². The topological polar surface area (TPSA) is 229 Å². The molecule has 0 N–H and O–H groups in total. The first-order chi connectivity index (χ1) is 12.4. The Labute approximate surface area is 277 Å². The minimum Gasteiger partial charge on any atom is -0.748 e. The third-order valence-corrected chi connectivity index (χ3v) is 4.51. The zero-order valence-electron chi connectivity index (χ0n) is 18.0. The molecule has 0 radical (unpaired) electrons. The largest absolute Gasteiger partial charge is 1.00 e. The van der Waals surface area contributed by atoms with Crippen molar-refractivity contribution in [1.82, 2.24) is 0 Å². The van der Waals surface area contributed by atoms with Crippen molar-refractivity contribution in [2.24, 2.45) is 0 Å². The molecular formula is C12H16Na4O12S4. The van der Waals surface area contributed by atoms with Gasteiger partial charge in [0.15, 0.2) is 0 Å². The van der Waals surface area contributed by atoms with Gasteiger partial charge in [0.1, 0.15) is 20.2 Å². The maximum atomic E-state index is 10.1. The minimum absolute atomic E-state index is 0. The summed E-state index contributed by atoms with van der Waals surface area (Å²) in [4.78, 5) is 0. The van der Waals surface area contributed by atoms with Gasteiger partial charge in [-0.15, -0.1) is 0 Å². The SMILES string of the molecule is O=S(=O)([O-])C=CC=CCCS(=O)(=O)[O-].O=S(=O)([O-])C=CC=CCCS(=O)(=O)[O-].[Na+].[Na+].[Na+].[Na+]. The molecule has 0 aromatic carbocycles. The van der Waals surface area contributed by atoms with Gasteiger partial charge in [-0.3, -0.25) is 0 Å². The summed E-state index contributed by atoms with van der Waals surface area (Å²) in [5.41, 5.74) is 0. The molecule has 0 unspecified atom stereocenters. The molecule has 0 fully saturated rings. The van der Waals surface area contributed by atoms with Crippen LogP contribution in [0.3, 0.4) is 0 Å². The van der Waals surface area contributed by atoms with Crippen molar-refractivity contribution in [3.63, 3.8) is 0 Å². The molecule has 0 aliphatic rings. The monoisotopic (exact) mass is 572 g/mol. The van der Waals surface area contributed by atoms with E-state index in [2.05, 4.69) is 0 Å². The predicted octanol–water partition coefficient (Wildman–Crippen LogP) is -12.9. The van der Waals surface area contributed by atoms with Gasteiger partial charge in [-0.25, -0.2) is 33.7 Å². The van der Waals surface area contributed by atoms with Crippen LogP contribution in [0.15, 0.2) is 47.3 Å². The summed E-state index contributed by atoms with van der Waals surface area (Å²) in [6.45, 7) is 0. The van der Waals surface area contributed by atoms with Crippen molar-refractivity contribution in [2.45, 2.75) is 12.8 Å². The summed E-state index contributed by atoms with van der Waals surface area (Å²) in [5, 5.41) is 0.852. The number of hydrogen-bond acceptors (Lipinski definition) is 12. The van der Waals surface area contributed by atoms with Crippen LogP contribution in [-0.2, 0) is 40.5 Å². The van der Waals surface area contributed by atoms with Gasteiger partial charge >= 0.3 is 118 Å². The molecule has 0 saturated carbocycles. The van der Waals surface area contributed by atoms with Gasteiger partial charge in [-0.1, -0.05) is 36.5 Å². The molecule has 0 saturated heterocycles. The van der Waals surface area contributed by atoms with Gasteiger partial charge in [0.2, 0.25) is 0 Å². The van der Waals surface area contributed by atoms with Crippen LogP contribution >= 0.6 is 0 Å². The van der Waals surface area contributed by atoms with E-state index < -0.39 is 52.0 Å². The summed E-state index contributed by atoms with van der Waals surface area (Å²) in [7, 11) is -17.3. The van der Waals surface area contributed by atoms with Gasteiger partial charge in [-0.2, -0.15) is 0 Å².